The lowest BCUT2D eigenvalue weighted by atomic mass is 10.2. The largest absolute Gasteiger partial charge is 0.462 e. The fourth-order valence-corrected chi connectivity index (χ4v) is 2.01. The summed E-state index contributed by atoms with van der Waals surface area (Å²) >= 11 is 0. The van der Waals surface area contributed by atoms with Crippen LogP contribution in [0.2, 0.25) is 0 Å². The van der Waals surface area contributed by atoms with Crippen molar-refractivity contribution in [3.05, 3.63) is 65.2 Å². The number of nitrogens with one attached hydrogen (secondary N) is 2. The van der Waals surface area contributed by atoms with E-state index in [0.717, 1.165) is 18.2 Å². The maximum Gasteiger partial charge on any atom is 0.338 e. The molecule has 0 unspecified atom stereocenters. The number of hydrogen-bond donors (Lipinski definition) is 2. The molecule has 0 aromatic heterocycles. The zero-order valence-electron chi connectivity index (χ0n) is 13.8. The number of rotatable bonds is 6. The summed E-state index contributed by atoms with van der Waals surface area (Å²) in [6, 6.07) is 8.70. The van der Waals surface area contributed by atoms with Crippen molar-refractivity contribution < 1.29 is 27.9 Å². The molecular weight excluding hydrogens is 346 g/mol. The monoisotopic (exact) mass is 362 g/mol. The van der Waals surface area contributed by atoms with Gasteiger partial charge in [-0.3, -0.25) is 9.59 Å². The van der Waals surface area contributed by atoms with E-state index in [2.05, 4.69) is 10.6 Å². The molecule has 0 saturated heterocycles. The van der Waals surface area contributed by atoms with E-state index in [0.29, 0.717) is 11.3 Å². The number of anilines is 1. The number of ether oxygens (including phenoxy) is 1. The SMILES string of the molecule is CCOC(=O)c1ccc(NC(=O)CNC(=O)c2ccc(F)c(F)c2)cc1. The van der Waals surface area contributed by atoms with E-state index in [9.17, 15) is 23.2 Å². The van der Waals surface area contributed by atoms with Gasteiger partial charge in [-0.25, -0.2) is 13.6 Å². The average molecular weight is 362 g/mol. The van der Waals surface area contributed by atoms with Crippen LogP contribution >= 0.6 is 0 Å². The lowest BCUT2D eigenvalue weighted by Gasteiger charge is -2.08. The van der Waals surface area contributed by atoms with E-state index in [4.69, 9.17) is 4.74 Å². The van der Waals surface area contributed by atoms with Crippen molar-refractivity contribution in [1.82, 2.24) is 5.32 Å². The molecule has 0 bridgehead atoms. The predicted molar refractivity (Wildman–Crippen MR) is 89.7 cm³/mol. The standard InChI is InChI=1S/C18H16F2N2O4/c1-2-26-18(25)11-3-6-13(7-4-11)22-16(23)10-21-17(24)12-5-8-14(19)15(20)9-12/h3-9H,2,10H2,1H3,(H,21,24)(H,22,23). The quantitative estimate of drug-likeness (QED) is 0.774. The summed E-state index contributed by atoms with van der Waals surface area (Å²) in [5.74, 6) is -3.92. The molecule has 136 valence electrons. The normalized spacial score (nSPS) is 10.1. The van der Waals surface area contributed by atoms with Crippen molar-refractivity contribution in [3.63, 3.8) is 0 Å². The molecule has 26 heavy (non-hydrogen) atoms. The Morgan fingerprint density at radius 1 is 0.962 bits per heavy atom. The van der Waals surface area contributed by atoms with Crippen molar-refractivity contribution in [2.45, 2.75) is 6.92 Å². The van der Waals surface area contributed by atoms with Crippen molar-refractivity contribution in [1.29, 1.82) is 0 Å². The minimum Gasteiger partial charge on any atom is -0.462 e. The zero-order valence-corrected chi connectivity index (χ0v) is 13.8. The van der Waals surface area contributed by atoms with Crippen molar-refractivity contribution in [3.8, 4) is 0 Å². The summed E-state index contributed by atoms with van der Waals surface area (Å²) in [7, 11) is 0. The minimum absolute atomic E-state index is 0.101. The van der Waals surface area contributed by atoms with Crippen LogP contribution < -0.4 is 10.6 Å². The third-order valence-electron chi connectivity index (χ3n) is 3.27. The highest BCUT2D eigenvalue weighted by atomic mass is 19.2. The van der Waals surface area contributed by atoms with Crippen LogP contribution in [0.25, 0.3) is 0 Å². The van der Waals surface area contributed by atoms with Crippen molar-refractivity contribution in [2.75, 3.05) is 18.5 Å². The Morgan fingerprint density at radius 3 is 2.23 bits per heavy atom. The van der Waals surface area contributed by atoms with Gasteiger partial charge in [0.15, 0.2) is 11.6 Å². The van der Waals surface area contributed by atoms with Crippen LogP contribution in [-0.4, -0.2) is 30.9 Å². The van der Waals surface area contributed by atoms with Crippen LogP contribution in [0.4, 0.5) is 14.5 Å². The Hall–Kier alpha value is -3.29. The van der Waals surface area contributed by atoms with Gasteiger partial charge < -0.3 is 15.4 Å². The fourth-order valence-electron chi connectivity index (χ4n) is 2.01. The van der Waals surface area contributed by atoms with Crippen LogP contribution in [0.5, 0.6) is 0 Å². The molecule has 0 spiro atoms. The Kier molecular flexibility index (Phi) is 6.37. The maximum atomic E-state index is 13.1. The molecule has 2 N–H and O–H groups in total. The lowest BCUT2D eigenvalue weighted by Crippen LogP contribution is -2.32. The minimum atomic E-state index is -1.15. The number of amides is 2. The molecule has 0 saturated carbocycles. The smallest absolute Gasteiger partial charge is 0.338 e. The van der Waals surface area contributed by atoms with Crippen LogP contribution in [0.1, 0.15) is 27.6 Å². The molecule has 0 atom stereocenters. The third-order valence-corrected chi connectivity index (χ3v) is 3.27. The summed E-state index contributed by atoms with van der Waals surface area (Å²) in [6.07, 6.45) is 0. The first-order valence-corrected chi connectivity index (χ1v) is 7.71. The Labute approximate surface area is 148 Å². The van der Waals surface area contributed by atoms with Gasteiger partial charge in [0.2, 0.25) is 5.91 Å². The second-order valence-electron chi connectivity index (χ2n) is 5.16. The summed E-state index contributed by atoms with van der Waals surface area (Å²) in [5, 5.41) is 4.83. The molecule has 8 heteroatoms. The molecule has 2 aromatic rings. The first kappa shape index (κ1) is 19.0. The molecule has 6 nitrogen and oxygen atoms in total. The van der Waals surface area contributed by atoms with Gasteiger partial charge in [0, 0.05) is 11.3 Å². The molecule has 0 aliphatic rings. The molecule has 2 amide bonds. The lowest BCUT2D eigenvalue weighted by molar-refractivity contribution is -0.115. The van der Waals surface area contributed by atoms with Gasteiger partial charge in [-0.1, -0.05) is 0 Å². The van der Waals surface area contributed by atoms with Gasteiger partial charge in [-0.15, -0.1) is 0 Å². The molecule has 0 aliphatic heterocycles. The second-order valence-corrected chi connectivity index (χ2v) is 5.16. The fraction of sp³-hybridized carbons (Fsp3) is 0.167. The van der Waals surface area contributed by atoms with Crippen LogP contribution in [0, 0.1) is 11.6 Å². The maximum absolute atomic E-state index is 13.1. The van der Waals surface area contributed by atoms with Gasteiger partial charge in [0.1, 0.15) is 0 Å². The number of carbonyl (C=O) groups excluding carboxylic acids is 3. The topological polar surface area (TPSA) is 84.5 Å². The first-order valence-electron chi connectivity index (χ1n) is 7.71. The number of benzene rings is 2. The predicted octanol–water partition coefficient (Wildman–Crippen LogP) is 2.51. The van der Waals surface area contributed by atoms with E-state index in [-0.39, 0.29) is 18.7 Å². The molecule has 2 aromatic carbocycles. The van der Waals surface area contributed by atoms with E-state index in [1.54, 1.807) is 6.92 Å². The third kappa shape index (κ3) is 5.10. The van der Waals surface area contributed by atoms with Gasteiger partial charge in [0.05, 0.1) is 18.7 Å². The highest BCUT2D eigenvalue weighted by Gasteiger charge is 2.12. The van der Waals surface area contributed by atoms with Crippen LogP contribution in [0.15, 0.2) is 42.5 Å². The van der Waals surface area contributed by atoms with Crippen LogP contribution in [0.3, 0.4) is 0 Å². The van der Waals surface area contributed by atoms with E-state index >= 15 is 0 Å². The first-order chi connectivity index (χ1) is 12.4. The Bertz CT molecular complexity index is 822. The van der Waals surface area contributed by atoms with Gasteiger partial charge in [0.25, 0.3) is 5.91 Å². The van der Waals surface area contributed by atoms with Gasteiger partial charge >= 0.3 is 5.97 Å². The highest BCUT2D eigenvalue weighted by molar-refractivity contribution is 5.99. The molecule has 0 fully saturated rings. The number of carbonyl (C=O) groups is 3. The Morgan fingerprint density at radius 2 is 1.62 bits per heavy atom. The van der Waals surface area contributed by atoms with E-state index < -0.39 is 29.4 Å². The second kappa shape index (κ2) is 8.70. The van der Waals surface area contributed by atoms with Crippen LogP contribution in [-0.2, 0) is 9.53 Å². The summed E-state index contributed by atoms with van der Waals surface area (Å²) < 4.78 is 30.8. The summed E-state index contributed by atoms with van der Waals surface area (Å²) in [4.78, 5) is 35.2. The van der Waals surface area contributed by atoms with E-state index in [1.807, 2.05) is 0 Å². The number of hydrogen-bond acceptors (Lipinski definition) is 4. The van der Waals surface area contributed by atoms with E-state index in [1.165, 1.54) is 24.3 Å². The molecule has 0 heterocycles. The highest BCUT2D eigenvalue weighted by Crippen LogP contribution is 2.11. The molecular formula is C18H16F2N2O4. The molecule has 2 rings (SSSR count). The average Bonchev–Trinajstić information content (AvgIpc) is 2.62. The summed E-state index contributed by atoms with van der Waals surface area (Å²) in [6.45, 7) is 1.59. The zero-order chi connectivity index (χ0) is 19.1. The molecule has 0 radical (unpaired) electrons. The van der Waals surface area contributed by atoms with Gasteiger partial charge in [-0.2, -0.15) is 0 Å². The van der Waals surface area contributed by atoms with Gasteiger partial charge in [-0.05, 0) is 49.4 Å². The summed E-state index contributed by atoms with van der Waals surface area (Å²) in [5.41, 5.74) is 0.664. The number of halogens is 2. The Balaban J connectivity index is 1.87. The number of esters is 1. The van der Waals surface area contributed by atoms with Crippen molar-refractivity contribution >= 4 is 23.5 Å². The van der Waals surface area contributed by atoms with Crippen molar-refractivity contribution in [2.24, 2.45) is 0 Å². The molecule has 0 aliphatic carbocycles.